The minimum atomic E-state index is -1.49. The third-order valence-corrected chi connectivity index (χ3v) is 3.63. The molecule has 0 bridgehead atoms. The molecule has 0 spiro atoms. The molecule has 0 saturated carbocycles. The molecule has 0 saturated heterocycles. The van der Waals surface area contributed by atoms with E-state index in [2.05, 4.69) is 17.0 Å². The van der Waals surface area contributed by atoms with E-state index in [4.69, 9.17) is 14.4 Å². The summed E-state index contributed by atoms with van der Waals surface area (Å²) in [5.41, 5.74) is -0.470. The number of rotatable bonds is 8. The SMILES string of the molecule is CCC(CC)(CC)OB(O)Oc1ccccc1C(=O)O.NCl. The first-order valence-electron chi connectivity index (χ1n) is 7.04. The van der Waals surface area contributed by atoms with Crippen LogP contribution in [0.4, 0.5) is 0 Å². The largest absolute Gasteiger partial charge is 0.710 e. The van der Waals surface area contributed by atoms with Gasteiger partial charge < -0.3 is 19.4 Å². The Labute approximate surface area is 136 Å². The Hall–Kier alpha value is -1.28. The van der Waals surface area contributed by atoms with E-state index in [1.54, 1.807) is 12.1 Å². The van der Waals surface area contributed by atoms with E-state index in [-0.39, 0.29) is 11.3 Å². The van der Waals surface area contributed by atoms with Crippen LogP contribution in [0.15, 0.2) is 24.3 Å². The number of carboxylic acids is 1. The summed E-state index contributed by atoms with van der Waals surface area (Å²) < 4.78 is 10.8. The number of carboxylic acid groups (broad SMARTS) is 1. The molecule has 4 N–H and O–H groups in total. The molecule has 1 aromatic rings. The fourth-order valence-electron chi connectivity index (χ4n) is 2.09. The van der Waals surface area contributed by atoms with E-state index < -0.39 is 18.9 Å². The lowest BCUT2D eigenvalue weighted by molar-refractivity contribution is 0.0122. The maximum Gasteiger partial charge on any atom is 0.710 e. The smallest absolute Gasteiger partial charge is 0.511 e. The molecule has 0 radical (unpaired) electrons. The highest BCUT2D eigenvalue weighted by atomic mass is 35.5. The van der Waals surface area contributed by atoms with E-state index in [0.717, 1.165) is 19.3 Å². The third-order valence-electron chi connectivity index (χ3n) is 3.63. The predicted molar refractivity (Wildman–Crippen MR) is 86.7 cm³/mol. The zero-order valence-corrected chi connectivity index (χ0v) is 13.8. The molecule has 1 aromatic carbocycles. The first-order chi connectivity index (χ1) is 10.5. The summed E-state index contributed by atoms with van der Waals surface area (Å²) in [5.74, 6) is -1.02. The maximum atomic E-state index is 11.1. The Morgan fingerprint density at radius 3 is 2.18 bits per heavy atom. The van der Waals surface area contributed by atoms with Gasteiger partial charge in [0.05, 0.1) is 11.2 Å². The third kappa shape index (κ3) is 5.85. The standard InChI is InChI=1S/C14H21BO5.ClH2N/c1-4-14(5-2,6-3)20-15(18)19-12-10-8-7-9-11(12)13(16)17;1-2/h7-10,18H,4-6H2,1-3H3,(H,16,17);2H2. The number of aromatic carboxylic acids is 1. The summed E-state index contributed by atoms with van der Waals surface area (Å²) in [6.45, 7) is 5.93. The van der Waals surface area contributed by atoms with Crippen LogP contribution >= 0.6 is 11.8 Å². The van der Waals surface area contributed by atoms with Crippen molar-refractivity contribution in [3.63, 3.8) is 0 Å². The summed E-state index contributed by atoms with van der Waals surface area (Å²) >= 11 is 4.14. The van der Waals surface area contributed by atoms with E-state index in [9.17, 15) is 9.82 Å². The minimum absolute atomic E-state index is 0.00903. The summed E-state index contributed by atoms with van der Waals surface area (Å²) in [6, 6.07) is 6.14. The van der Waals surface area contributed by atoms with Crippen molar-refractivity contribution in [3.05, 3.63) is 29.8 Å². The summed E-state index contributed by atoms with van der Waals surface area (Å²) in [4.78, 5) is 11.1. The first kappa shape index (κ1) is 20.7. The van der Waals surface area contributed by atoms with Crippen molar-refractivity contribution in [2.75, 3.05) is 0 Å². The van der Waals surface area contributed by atoms with Crippen LogP contribution in [0.5, 0.6) is 5.75 Å². The zero-order chi connectivity index (χ0) is 17.2. The molecule has 0 amide bonds. The number of hydrogen-bond donors (Lipinski definition) is 3. The molecular weight excluding hydrogens is 308 g/mol. The molecule has 0 fully saturated rings. The normalized spacial score (nSPS) is 10.5. The number of halogens is 1. The second-order valence-electron chi connectivity index (χ2n) is 4.59. The molecule has 0 aliphatic carbocycles. The monoisotopic (exact) mass is 331 g/mol. The van der Waals surface area contributed by atoms with Crippen LogP contribution in [0, 0.1) is 0 Å². The first-order valence-corrected chi connectivity index (χ1v) is 7.48. The molecular formula is C14H23BClNO5. The second kappa shape index (κ2) is 10.5. The van der Waals surface area contributed by atoms with E-state index in [0.29, 0.717) is 0 Å². The van der Waals surface area contributed by atoms with Gasteiger partial charge in [-0.25, -0.2) is 10.0 Å². The fourth-order valence-corrected chi connectivity index (χ4v) is 2.09. The van der Waals surface area contributed by atoms with Gasteiger partial charge in [-0.15, -0.1) is 0 Å². The van der Waals surface area contributed by atoms with Crippen molar-refractivity contribution in [2.45, 2.75) is 45.6 Å². The van der Waals surface area contributed by atoms with E-state index in [1.807, 2.05) is 20.8 Å². The van der Waals surface area contributed by atoms with E-state index >= 15 is 0 Å². The van der Waals surface area contributed by atoms with Gasteiger partial charge in [0, 0.05) is 0 Å². The molecule has 0 unspecified atom stereocenters. The number of nitrogens with two attached hydrogens (primary N) is 1. The minimum Gasteiger partial charge on any atom is -0.511 e. The lowest BCUT2D eigenvalue weighted by Gasteiger charge is -2.31. The fraction of sp³-hybridized carbons (Fsp3) is 0.500. The van der Waals surface area contributed by atoms with Gasteiger partial charge >= 0.3 is 13.3 Å². The lowest BCUT2D eigenvalue weighted by Crippen LogP contribution is -2.41. The second-order valence-corrected chi connectivity index (χ2v) is 4.59. The van der Waals surface area contributed by atoms with Gasteiger partial charge in [0.25, 0.3) is 0 Å². The average Bonchev–Trinajstić information content (AvgIpc) is 2.55. The van der Waals surface area contributed by atoms with E-state index in [1.165, 1.54) is 12.1 Å². The van der Waals surface area contributed by atoms with Gasteiger partial charge in [-0.1, -0.05) is 32.9 Å². The van der Waals surface area contributed by atoms with Gasteiger partial charge in [-0.3, -0.25) is 0 Å². The van der Waals surface area contributed by atoms with Gasteiger partial charge in [0.15, 0.2) is 0 Å². The summed E-state index contributed by atoms with van der Waals surface area (Å²) in [7, 11) is -1.49. The van der Waals surface area contributed by atoms with Gasteiger partial charge in [-0.05, 0) is 43.2 Å². The van der Waals surface area contributed by atoms with Crippen LogP contribution in [0.3, 0.4) is 0 Å². The molecule has 124 valence electrons. The lowest BCUT2D eigenvalue weighted by atomic mass is 9.92. The molecule has 0 atom stereocenters. The molecule has 6 nitrogen and oxygen atoms in total. The molecule has 0 aliphatic rings. The van der Waals surface area contributed by atoms with Crippen molar-refractivity contribution in [2.24, 2.45) is 5.25 Å². The average molecular weight is 332 g/mol. The van der Waals surface area contributed by atoms with Crippen molar-refractivity contribution < 1.29 is 24.2 Å². The number of hydrogen-bond acceptors (Lipinski definition) is 5. The van der Waals surface area contributed by atoms with Gasteiger partial charge in [-0.2, -0.15) is 0 Å². The van der Waals surface area contributed by atoms with Crippen molar-refractivity contribution in [1.29, 1.82) is 0 Å². The molecule has 0 heterocycles. The quantitative estimate of drug-likeness (QED) is 0.500. The van der Waals surface area contributed by atoms with Crippen molar-refractivity contribution in [1.82, 2.24) is 0 Å². The maximum absolute atomic E-state index is 11.1. The number of para-hydroxylation sites is 1. The highest BCUT2D eigenvalue weighted by molar-refractivity contribution is 6.36. The number of carbonyl (C=O) groups is 1. The van der Waals surface area contributed by atoms with Crippen LogP contribution in [-0.2, 0) is 4.65 Å². The summed E-state index contributed by atoms with van der Waals surface area (Å²) in [6.07, 6.45) is 2.21. The van der Waals surface area contributed by atoms with Crippen LogP contribution in [0.25, 0.3) is 0 Å². The molecule has 8 heteroatoms. The Morgan fingerprint density at radius 2 is 1.73 bits per heavy atom. The van der Waals surface area contributed by atoms with Crippen LogP contribution in [-0.4, -0.2) is 29.0 Å². The summed E-state index contributed by atoms with van der Waals surface area (Å²) in [5, 5.41) is 22.9. The van der Waals surface area contributed by atoms with Gasteiger partial charge in [0.2, 0.25) is 0 Å². The van der Waals surface area contributed by atoms with Gasteiger partial charge in [0.1, 0.15) is 5.75 Å². The predicted octanol–water partition coefficient (Wildman–Crippen LogP) is 2.83. The van der Waals surface area contributed by atoms with Crippen LogP contribution in [0.1, 0.15) is 50.4 Å². The van der Waals surface area contributed by atoms with Crippen molar-refractivity contribution >= 4 is 25.1 Å². The Balaban J connectivity index is 0.00000211. The molecule has 0 aromatic heterocycles. The Morgan fingerprint density at radius 1 is 1.23 bits per heavy atom. The highest BCUT2D eigenvalue weighted by Crippen LogP contribution is 2.26. The van der Waals surface area contributed by atoms with Crippen molar-refractivity contribution in [3.8, 4) is 5.75 Å². The Bertz CT molecular complexity index is 448. The van der Waals surface area contributed by atoms with Crippen LogP contribution < -0.4 is 9.91 Å². The highest BCUT2D eigenvalue weighted by Gasteiger charge is 2.34. The zero-order valence-electron chi connectivity index (χ0n) is 13.1. The van der Waals surface area contributed by atoms with Crippen LogP contribution in [0.2, 0.25) is 0 Å². The Kier molecular flexibility index (Phi) is 9.85. The molecule has 22 heavy (non-hydrogen) atoms. The molecule has 1 rings (SSSR count). The number of benzene rings is 1. The topological polar surface area (TPSA) is 102 Å². The molecule has 0 aliphatic heterocycles.